The SMILES string of the molecule is CCNC(=NCc1cccc(Cl)c1)NCc1ncc(-c2ccccc2)[nH]1.I. The highest BCUT2D eigenvalue weighted by atomic mass is 127. The van der Waals surface area contributed by atoms with E-state index >= 15 is 0 Å². The smallest absolute Gasteiger partial charge is 0.191 e. The number of nitrogens with one attached hydrogen (secondary N) is 3. The number of hydrogen-bond acceptors (Lipinski definition) is 2. The largest absolute Gasteiger partial charge is 0.357 e. The van der Waals surface area contributed by atoms with Crippen molar-refractivity contribution in [3.63, 3.8) is 0 Å². The van der Waals surface area contributed by atoms with Gasteiger partial charge in [-0.15, -0.1) is 24.0 Å². The molecule has 7 heteroatoms. The number of nitrogens with zero attached hydrogens (tertiary/aromatic N) is 2. The number of aromatic amines is 1. The highest BCUT2D eigenvalue weighted by molar-refractivity contribution is 14.0. The molecule has 0 unspecified atom stereocenters. The van der Waals surface area contributed by atoms with E-state index in [4.69, 9.17) is 11.6 Å². The van der Waals surface area contributed by atoms with E-state index in [0.29, 0.717) is 13.1 Å². The third kappa shape index (κ3) is 6.55. The van der Waals surface area contributed by atoms with Crippen molar-refractivity contribution in [1.82, 2.24) is 20.6 Å². The second-order valence-electron chi connectivity index (χ2n) is 5.79. The number of imidazole rings is 1. The molecule has 0 amide bonds. The molecule has 0 bridgehead atoms. The van der Waals surface area contributed by atoms with Crippen LogP contribution in [-0.4, -0.2) is 22.5 Å². The van der Waals surface area contributed by atoms with Gasteiger partial charge >= 0.3 is 0 Å². The van der Waals surface area contributed by atoms with Gasteiger partial charge in [0.25, 0.3) is 0 Å². The topological polar surface area (TPSA) is 65.1 Å². The van der Waals surface area contributed by atoms with E-state index in [1.807, 2.05) is 55.6 Å². The molecule has 3 aromatic rings. The van der Waals surface area contributed by atoms with Crippen molar-refractivity contribution < 1.29 is 0 Å². The van der Waals surface area contributed by atoms with Crippen LogP contribution in [-0.2, 0) is 13.1 Å². The third-order valence-electron chi connectivity index (χ3n) is 3.79. The number of aliphatic imine (C=N–C) groups is 1. The molecule has 2 aromatic carbocycles. The van der Waals surface area contributed by atoms with Crippen molar-refractivity contribution in [3.8, 4) is 11.3 Å². The van der Waals surface area contributed by atoms with Crippen LogP contribution in [0.5, 0.6) is 0 Å². The molecule has 3 N–H and O–H groups in total. The molecule has 27 heavy (non-hydrogen) atoms. The van der Waals surface area contributed by atoms with E-state index in [1.54, 1.807) is 0 Å². The Morgan fingerprint density at radius 2 is 1.93 bits per heavy atom. The first-order valence-electron chi connectivity index (χ1n) is 8.60. The van der Waals surface area contributed by atoms with E-state index in [1.165, 1.54) is 0 Å². The lowest BCUT2D eigenvalue weighted by molar-refractivity contribution is 0.786. The van der Waals surface area contributed by atoms with Gasteiger partial charge in [0, 0.05) is 11.6 Å². The standard InChI is InChI=1S/C20H22ClN5.HI/c1-2-22-20(24-12-15-7-6-10-17(21)11-15)25-14-19-23-13-18(26-19)16-8-4-3-5-9-16;/h3-11,13H,2,12,14H2,1H3,(H,23,26)(H2,22,24,25);1H. The van der Waals surface area contributed by atoms with Crippen LogP contribution >= 0.6 is 35.6 Å². The summed E-state index contributed by atoms with van der Waals surface area (Å²) < 4.78 is 0. The lowest BCUT2D eigenvalue weighted by Gasteiger charge is -2.10. The molecule has 3 rings (SSSR count). The molecule has 0 fully saturated rings. The van der Waals surface area contributed by atoms with Crippen LogP contribution in [0.3, 0.4) is 0 Å². The summed E-state index contributed by atoms with van der Waals surface area (Å²) in [5.41, 5.74) is 3.19. The van der Waals surface area contributed by atoms with Crippen LogP contribution < -0.4 is 10.6 Å². The predicted octanol–water partition coefficient (Wildman–Crippen LogP) is 4.60. The normalized spacial score (nSPS) is 11.0. The summed E-state index contributed by atoms with van der Waals surface area (Å²) in [5, 5.41) is 7.26. The van der Waals surface area contributed by atoms with Crippen molar-refractivity contribution in [2.24, 2.45) is 4.99 Å². The highest BCUT2D eigenvalue weighted by Crippen LogP contribution is 2.16. The molecule has 142 valence electrons. The van der Waals surface area contributed by atoms with E-state index < -0.39 is 0 Å². The van der Waals surface area contributed by atoms with E-state index in [9.17, 15) is 0 Å². The molecule has 0 saturated heterocycles. The Kier molecular flexibility index (Phi) is 8.60. The summed E-state index contributed by atoms with van der Waals surface area (Å²) in [6, 6.07) is 17.9. The number of guanidine groups is 1. The van der Waals surface area contributed by atoms with Crippen molar-refractivity contribution in [2.75, 3.05) is 6.54 Å². The molecule has 1 aromatic heterocycles. The van der Waals surface area contributed by atoms with Crippen LogP contribution in [0.2, 0.25) is 5.02 Å². The first kappa shape index (κ1) is 21.2. The fraction of sp³-hybridized carbons (Fsp3) is 0.200. The molecule has 0 aliphatic carbocycles. The molecule has 5 nitrogen and oxygen atoms in total. The van der Waals surface area contributed by atoms with Gasteiger partial charge in [0.2, 0.25) is 0 Å². The van der Waals surface area contributed by atoms with E-state index in [2.05, 4.69) is 37.7 Å². The summed E-state index contributed by atoms with van der Waals surface area (Å²) in [6.07, 6.45) is 1.85. The highest BCUT2D eigenvalue weighted by Gasteiger charge is 2.04. The Hall–Kier alpha value is -2.06. The van der Waals surface area contributed by atoms with Gasteiger partial charge in [-0.2, -0.15) is 0 Å². The number of hydrogen-bond donors (Lipinski definition) is 3. The van der Waals surface area contributed by atoms with Crippen LogP contribution in [0.1, 0.15) is 18.3 Å². The summed E-state index contributed by atoms with van der Waals surface area (Å²) in [7, 11) is 0. The van der Waals surface area contributed by atoms with Gasteiger partial charge < -0.3 is 15.6 Å². The summed E-state index contributed by atoms with van der Waals surface area (Å²) in [6.45, 7) is 3.95. The molecule has 0 spiro atoms. The van der Waals surface area contributed by atoms with Gasteiger partial charge in [0.15, 0.2) is 5.96 Å². The maximum Gasteiger partial charge on any atom is 0.191 e. The van der Waals surface area contributed by atoms with E-state index in [0.717, 1.165) is 40.2 Å². The zero-order chi connectivity index (χ0) is 18.2. The number of halogens is 2. The fourth-order valence-corrected chi connectivity index (χ4v) is 2.74. The fourth-order valence-electron chi connectivity index (χ4n) is 2.53. The summed E-state index contributed by atoms with van der Waals surface area (Å²) in [4.78, 5) is 12.4. The summed E-state index contributed by atoms with van der Waals surface area (Å²) >= 11 is 6.02. The van der Waals surface area contributed by atoms with Crippen LogP contribution in [0, 0.1) is 0 Å². The molecule has 0 saturated carbocycles. The Bertz CT molecular complexity index is 864. The second kappa shape index (κ2) is 10.9. The Labute approximate surface area is 181 Å². The second-order valence-corrected chi connectivity index (χ2v) is 6.22. The average molecular weight is 496 g/mol. The van der Waals surface area contributed by atoms with Crippen LogP contribution in [0.25, 0.3) is 11.3 Å². The van der Waals surface area contributed by atoms with Crippen LogP contribution in [0.15, 0.2) is 65.8 Å². The molecule has 1 heterocycles. The molecule has 0 radical (unpaired) electrons. The Morgan fingerprint density at radius 3 is 2.67 bits per heavy atom. The van der Waals surface area contributed by atoms with Gasteiger partial charge in [0.05, 0.1) is 25.0 Å². The lowest BCUT2D eigenvalue weighted by atomic mass is 10.2. The first-order chi connectivity index (χ1) is 12.7. The molecule has 0 aliphatic heterocycles. The maximum absolute atomic E-state index is 6.02. The maximum atomic E-state index is 6.02. The molecule has 0 aliphatic rings. The van der Waals surface area contributed by atoms with E-state index in [-0.39, 0.29) is 24.0 Å². The Balaban J connectivity index is 0.00000261. The van der Waals surface area contributed by atoms with Gasteiger partial charge in [0.1, 0.15) is 5.82 Å². The monoisotopic (exact) mass is 495 g/mol. The van der Waals surface area contributed by atoms with Crippen molar-refractivity contribution in [3.05, 3.63) is 77.2 Å². The number of aromatic nitrogens is 2. The minimum atomic E-state index is 0. The molecule has 0 atom stereocenters. The minimum absolute atomic E-state index is 0. The minimum Gasteiger partial charge on any atom is -0.357 e. The third-order valence-corrected chi connectivity index (χ3v) is 4.02. The van der Waals surface area contributed by atoms with Crippen molar-refractivity contribution in [1.29, 1.82) is 0 Å². The predicted molar refractivity (Wildman–Crippen MR) is 123 cm³/mol. The van der Waals surface area contributed by atoms with Gasteiger partial charge in [-0.25, -0.2) is 9.98 Å². The molecular formula is C20H23ClIN5. The zero-order valence-corrected chi connectivity index (χ0v) is 18.2. The van der Waals surface area contributed by atoms with Crippen LogP contribution in [0.4, 0.5) is 0 Å². The molecular weight excluding hydrogens is 473 g/mol. The average Bonchev–Trinajstić information content (AvgIpc) is 3.14. The lowest BCUT2D eigenvalue weighted by Crippen LogP contribution is -2.37. The van der Waals surface area contributed by atoms with Gasteiger partial charge in [-0.05, 0) is 30.2 Å². The van der Waals surface area contributed by atoms with Gasteiger partial charge in [-0.1, -0.05) is 54.1 Å². The number of benzene rings is 2. The first-order valence-corrected chi connectivity index (χ1v) is 8.98. The van der Waals surface area contributed by atoms with Crippen molar-refractivity contribution in [2.45, 2.75) is 20.0 Å². The van der Waals surface area contributed by atoms with Crippen molar-refractivity contribution >= 4 is 41.5 Å². The summed E-state index contributed by atoms with van der Waals surface area (Å²) in [5.74, 6) is 1.60. The number of H-pyrrole nitrogens is 1. The quantitative estimate of drug-likeness (QED) is 0.266. The number of rotatable bonds is 6. The zero-order valence-electron chi connectivity index (χ0n) is 15.1. The Morgan fingerprint density at radius 1 is 1.11 bits per heavy atom. The van der Waals surface area contributed by atoms with Gasteiger partial charge in [-0.3, -0.25) is 0 Å².